The number of benzene rings is 1. The lowest BCUT2D eigenvalue weighted by molar-refractivity contribution is -0.121. The Kier molecular flexibility index (Phi) is 3.66. The summed E-state index contributed by atoms with van der Waals surface area (Å²) in [6.45, 7) is 3.42. The van der Waals surface area contributed by atoms with Gasteiger partial charge in [-0.15, -0.1) is 6.58 Å². The van der Waals surface area contributed by atoms with Gasteiger partial charge in [0.1, 0.15) is 6.54 Å². The van der Waals surface area contributed by atoms with Gasteiger partial charge < -0.3 is 5.32 Å². The number of imide groups is 1. The van der Waals surface area contributed by atoms with Crippen LogP contribution >= 0.6 is 11.6 Å². The van der Waals surface area contributed by atoms with Crippen LogP contribution in [0.15, 0.2) is 30.9 Å². The predicted molar refractivity (Wildman–Crippen MR) is 70.0 cm³/mol. The summed E-state index contributed by atoms with van der Waals surface area (Å²) in [5, 5.41) is 2.72. The van der Waals surface area contributed by atoms with E-state index < -0.39 is 17.7 Å². The van der Waals surface area contributed by atoms with Crippen LogP contribution in [0.1, 0.15) is 20.7 Å². The van der Waals surface area contributed by atoms with Crippen molar-refractivity contribution in [3.63, 3.8) is 0 Å². The molecule has 0 saturated carbocycles. The highest BCUT2D eigenvalue weighted by Crippen LogP contribution is 2.28. The van der Waals surface area contributed by atoms with Gasteiger partial charge in [-0.3, -0.25) is 19.3 Å². The first-order valence-corrected chi connectivity index (χ1v) is 5.96. The van der Waals surface area contributed by atoms with Gasteiger partial charge in [-0.25, -0.2) is 0 Å². The van der Waals surface area contributed by atoms with E-state index in [4.69, 9.17) is 11.6 Å². The molecule has 0 fully saturated rings. The molecule has 98 valence electrons. The number of nitrogens with one attached hydrogen (secondary N) is 1. The zero-order valence-corrected chi connectivity index (χ0v) is 10.7. The molecule has 0 atom stereocenters. The third-order valence-corrected chi connectivity index (χ3v) is 3.01. The van der Waals surface area contributed by atoms with Crippen molar-refractivity contribution in [2.24, 2.45) is 0 Å². The number of hydrogen-bond donors (Lipinski definition) is 1. The molecule has 0 aliphatic carbocycles. The molecule has 1 aliphatic heterocycles. The van der Waals surface area contributed by atoms with Gasteiger partial charge in [-0.05, 0) is 12.1 Å². The Morgan fingerprint density at radius 1 is 1.37 bits per heavy atom. The maximum absolute atomic E-state index is 12.1. The topological polar surface area (TPSA) is 66.5 Å². The smallest absolute Gasteiger partial charge is 0.263 e. The van der Waals surface area contributed by atoms with E-state index in [1.54, 1.807) is 6.07 Å². The molecule has 3 amide bonds. The first-order valence-electron chi connectivity index (χ1n) is 5.58. The summed E-state index contributed by atoms with van der Waals surface area (Å²) in [6, 6.07) is 4.64. The number of fused-ring (bicyclic) bond motifs is 1. The van der Waals surface area contributed by atoms with Gasteiger partial charge in [0.25, 0.3) is 11.8 Å². The highest BCUT2D eigenvalue weighted by molar-refractivity contribution is 6.37. The van der Waals surface area contributed by atoms with Crippen LogP contribution in [0.25, 0.3) is 0 Å². The lowest BCUT2D eigenvalue weighted by Crippen LogP contribution is -2.40. The normalized spacial score (nSPS) is 13.4. The van der Waals surface area contributed by atoms with Gasteiger partial charge in [0.05, 0.1) is 16.1 Å². The largest absolute Gasteiger partial charge is 0.351 e. The lowest BCUT2D eigenvalue weighted by atomic mass is 10.1. The molecule has 1 aromatic rings. The van der Waals surface area contributed by atoms with Crippen molar-refractivity contribution in [3.8, 4) is 0 Å². The van der Waals surface area contributed by atoms with Crippen LogP contribution in [0, 0.1) is 0 Å². The van der Waals surface area contributed by atoms with Crippen LogP contribution in [0.4, 0.5) is 0 Å². The first-order chi connectivity index (χ1) is 9.06. The van der Waals surface area contributed by atoms with Crippen molar-refractivity contribution in [1.82, 2.24) is 10.2 Å². The fraction of sp³-hybridized carbons (Fsp3) is 0.154. The Hall–Kier alpha value is -2.14. The summed E-state index contributed by atoms with van der Waals surface area (Å²) in [5.41, 5.74) is 0.389. The second-order valence-electron chi connectivity index (χ2n) is 3.95. The summed E-state index contributed by atoms with van der Waals surface area (Å²) >= 11 is 5.90. The molecule has 2 rings (SSSR count). The number of rotatable bonds is 4. The van der Waals surface area contributed by atoms with Crippen molar-refractivity contribution in [3.05, 3.63) is 47.0 Å². The Balaban J connectivity index is 2.21. The van der Waals surface area contributed by atoms with E-state index in [1.807, 2.05) is 0 Å². The maximum Gasteiger partial charge on any atom is 0.263 e. The standard InChI is InChI=1S/C13H11ClN2O3/c1-2-6-15-10(17)7-16-12(18)8-4-3-5-9(14)11(8)13(16)19/h2-5H,1,6-7H2,(H,15,17). The van der Waals surface area contributed by atoms with E-state index in [-0.39, 0.29) is 29.2 Å². The minimum absolute atomic E-state index is 0.158. The maximum atomic E-state index is 12.1. The minimum Gasteiger partial charge on any atom is -0.351 e. The van der Waals surface area contributed by atoms with Crippen LogP contribution in [0.2, 0.25) is 5.02 Å². The molecule has 1 aliphatic rings. The van der Waals surface area contributed by atoms with E-state index in [1.165, 1.54) is 18.2 Å². The van der Waals surface area contributed by atoms with Crippen LogP contribution < -0.4 is 5.32 Å². The van der Waals surface area contributed by atoms with Crippen molar-refractivity contribution < 1.29 is 14.4 Å². The number of carbonyl (C=O) groups is 3. The number of carbonyl (C=O) groups excluding carboxylic acids is 3. The molecular formula is C13H11ClN2O3. The lowest BCUT2D eigenvalue weighted by Gasteiger charge is -2.12. The van der Waals surface area contributed by atoms with Crippen LogP contribution in [-0.2, 0) is 4.79 Å². The average molecular weight is 279 g/mol. The van der Waals surface area contributed by atoms with E-state index in [9.17, 15) is 14.4 Å². The van der Waals surface area contributed by atoms with Gasteiger partial charge in [-0.1, -0.05) is 23.7 Å². The molecule has 0 unspecified atom stereocenters. The van der Waals surface area contributed by atoms with Gasteiger partial charge >= 0.3 is 0 Å². The van der Waals surface area contributed by atoms with Crippen LogP contribution in [0.3, 0.4) is 0 Å². The number of amides is 3. The Bertz CT molecular complexity index is 583. The molecule has 5 nitrogen and oxygen atoms in total. The summed E-state index contributed by atoms with van der Waals surface area (Å²) < 4.78 is 0. The average Bonchev–Trinajstić information content (AvgIpc) is 2.63. The molecule has 0 spiro atoms. The summed E-state index contributed by atoms with van der Waals surface area (Å²) in [7, 11) is 0. The van der Waals surface area contributed by atoms with Crippen molar-refractivity contribution >= 4 is 29.3 Å². The fourth-order valence-corrected chi connectivity index (χ4v) is 2.08. The zero-order chi connectivity index (χ0) is 14.0. The fourth-order valence-electron chi connectivity index (χ4n) is 1.82. The highest BCUT2D eigenvalue weighted by atomic mass is 35.5. The Morgan fingerprint density at radius 3 is 2.74 bits per heavy atom. The highest BCUT2D eigenvalue weighted by Gasteiger charge is 2.37. The quantitative estimate of drug-likeness (QED) is 0.666. The second kappa shape index (κ2) is 5.24. The molecule has 0 aromatic heterocycles. The summed E-state index contributed by atoms with van der Waals surface area (Å²) in [5.74, 6) is -1.47. The summed E-state index contributed by atoms with van der Waals surface area (Å²) in [6.07, 6.45) is 1.51. The summed E-state index contributed by atoms with van der Waals surface area (Å²) in [4.78, 5) is 36.5. The van der Waals surface area contributed by atoms with E-state index in [2.05, 4.69) is 11.9 Å². The number of hydrogen-bond acceptors (Lipinski definition) is 3. The van der Waals surface area contributed by atoms with Gasteiger partial charge in [0.2, 0.25) is 5.91 Å². The zero-order valence-electron chi connectivity index (χ0n) is 9.98. The molecule has 0 radical (unpaired) electrons. The van der Waals surface area contributed by atoms with Crippen LogP contribution in [0.5, 0.6) is 0 Å². The molecular weight excluding hydrogens is 268 g/mol. The Labute approximate surface area is 114 Å². The van der Waals surface area contributed by atoms with E-state index in [0.29, 0.717) is 0 Å². The second-order valence-corrected chi connectivity index (χ2v) is 4.36. The predicted octanol–water partition coefficient (Wildman–Crippen LogP) is 1.24. The first kappa shape index (κ1) is 13.3. The molecule has 1 N–H and O–H groups in total. The number of nitrogens with zero attached hydrogens (tertiary/aromatic N) is 1. The van der Waals surface area contributed by atoms with Crippen molar-refractivity contribution in [2.45, 2.75) is 0 Å². The molecule has 6 heteroatoms. The van der Waals surface area contributed by atoms with Crippen molar-refractivity contribution in [1.29, 1.82) is 0 Å². The third-order valence-electron chi connectivity index (χ3n) is 2.69. The Morgan fingerprint density at radius 2 is 2.11 bits per heavy atom. The minimum atomic E-state index is -0.542. The number of halogens is 1. The van der Waals surface area contributed by atoms with Crippen LogP contribution in [-0.4, -0.2) is 35.7 Å². The van der Waals surface area contributed by atoms with Crippen molar-refractivity contribution in [2.75, 3.05) is 13.1 Å². The molecule has 0 saturated heterocycles. The molecule has 19 heavy (non-hydrogen) atoms. The SMILES string of the molecule is C=CCNC(=O)CN1C(=O)c2cccc(Cl)c2C1=O. The van der Waals surface area contributed by atoms with E-state index in [0.717, 1.165) is 4.90 Å². The molecule has 1 aromatic carbocycles. The van der Waals surface area contributed by atoms with Gasteiger partial charge in [-0.2, -0.15) is 0 Å². The van der Waals surface area contributed by atoms with Gasteiger partial charge in [0, 0.05) is 6.54 Å². The third kappa shape index (κ3) is 2.37. The molecule has 1 heterocycles. The molecule has 0 bridgehead atoms. The monoisotopic (exact) mass is 278 g/mol. The van der Waals surface area contributed by atoms with Gasteiger partial charge in [0.15, 0.2) is 0 Å². The van der Waals surface area contributed by atoms with E-state index >= 15 is 0 Å².